The summed E-state index contributed by atoms with van der Waals surface area (Å²) < 4.78 is 40.4. The maximum Gasteiger partial charge on any atom is 0.416 e. The third-order valence-corrected chi connectivity index (χ3v) is 5.25. The fourth-order valence-corrected chi connectivity index (χ4v) is 3.50. The van der Waals surface area contributed by atoms with Gasteiger partial charge in [-0.1, -0.05) is 29.8 Å². The van der Waals surface area contributed by atoms with Gasteiger partial charge in [0.2, 0.25) is 5.91 Å². The Hall–Kier alpha value is -4.21. The second-order valence-electron chi connectivity index (χ2n) is 7.74. The van der Waals surface area contributed by atoms with Crippen molar-refractivity contribution < 1.29 is 18.0 Å². The Morgan fingerprint density at radius 3 is 2.29 bits per heavy atom. The standard InChI is InChI=1S/C24H19F3N4O3/c1-15-4-6-16(7-5-15)13-31-22(33)21-19(3-2-12-28-21)30(23(31)34)14-20(32)29-18-10-8-17(9-11-18)24(25,26)27/h2-12H,13-14H2,1H3,(H,29,32). The van der Waals surface area contributed by atoms with E-state index >= 15 is 0 Å². The molecule has 34 heavy (non-hydrogen) atoms. The number of aryl methyl sites for hydroxylation is 1. The summed E-state index contributed by atoms with van der Waals surface area (Å²) in [6.07, 6.45) is -3.08. The number of fused-ring (bicyclic) bond motifs is 1. The van der Waals surface area contributed by atoms with Gasteiger partial charge in [0.1, 0.15) is 6.54 Å². The number of pyridine rings is 1. The Morgan fingerprint density at radius 2 is 1.65 bits per heavy atom. The van der Waals surface area contributed by atoms with Crippen LogP contribution in [0.4, 0.5) is 18.9 Å². The molecule has 2 aromatic heterocycles. The largest absolute Gasteiger partial charge is 0.416 e. The van der Waals surface area contributed by atoms with E-state index in [4.69, 9.17) is 0 Å². The van der Waals surface area contributed by atoms with Gasteiger partial charge in [-0.25, -0.2) is 9.78 Å². The van der Waals surface area contributed by atoms with Crippen LogP contribution in [0.3, 0.4) is 0 Å². The maximum atomic E-state index is 13.2. The molecule has 0 aliphatic carbocycles. The lowest BCUT2D eigenvalue weighted by atomic mass is 10.1. The van der Waals surface area contributed by atoms with Gasteiger partial charge in [-0.2, -0.15) is 13.2 Å². The van der Waals surface area contributed by atoms with Crippen LogP contribution in [-0.4, -0.2) is 20.0 Å². The zero-order chi connectivity index (χ0) is 24.5. The van der Waals surface area contributed by atoms with Crippen LogP contribution in [0, 0.1) is 6.92 Å². The van der Waals surface area contributed by atoms with Crippen LogP contribution >= 0.6 is 0 Å². The van der Waals surface area contributed by atoms with E-state index < -0.39 is 35.4 Å². The molecule has 7 nitrogen and oxygen atoms in total. The molecule has 2 aromatic carbocycles. The molecule has 0 radical (unpaired) electrons. The predicted molar refractivity (Wildman–Crippen MR) is 121 cm³/mol. The number of amides is 1. The maximum absolute atomic E-state index is 13.2. The number of anilines is 1. The lowest BCUT2D eigenvalue weighted by Gasteiger charge is -2.14. The monoisotopic (exact) mass is 468 g/mol. The first kappa shape index (κ1) is 23.0. The lowest BCUT2D eigenvalue weighted by molar-refractivity contribution is -0.137. The number of rotatable bonds is 5. The summed E-state index contributed by atoms with van der Waals surface area (Å²) in [7, 11) is 0. The molecule has 0 bridgehead atoms. The van der Waals surface area contributed by atoms with Gasteiger partial charge in [-0.15, -0.1) is 0 Å². The summed E-state index contributed by atoms with van der Waals surface area (Å²) in [5.74, 6) is -0.646. The van der Waals surface area contributed by atoms with Crippen molar-refractivity contribution >= 4 is 22.6 Å². The van der Waals surface area contributed by atoms with Crippen molar-refractivity contribution in [3.63, 3.8) is 0 Å². The van der Waals surface area contributed by atoms with E-state index in [-0.39, 0.29) is 23.3 Å². The molecule has 0 aliphatic rings. The van der Waals surface area contributed by atoms with Gasteiger partial charge in [0.15, 0.2) is 5.52 Å². The van der Waals surface area contributed by atoms with Crippen molar-refractivity contribution in [3.05, 3.63) is 104 Å². The molecular weight excluding hydrogens is 449 g/mol. The predicted octanol–water partition coefficient (Wildman–Crippen LogP) is 3.57. The van der Waals surface area contributed by atoms with E-state index in [1.165, 1.54) is 18.3 Å². The number of benzene rings is 2. The summed E-state index contributed by atoms with van der Waals surface area (Å²) in [6.45, 7) is 1.44. The Balaban J connectivity index is 1.67. The number of halogens is 3. The zero-order valence-electron chi connectivity index (χ0n) is 18.0. The lowest BCUT2D eigenvalue weighted by Crippen LogP contribution is -2.42. The Bertz CT molecular complexity index is 1470. The van der Waals surface area contributed by atoms with Gasteiger partial charge >= 0.3 is 11.9 Å². The fourth-order valence-electron chi connectivity index (χ4n) is 3.50. The third kappa shape index (κ3) is 4.75. The van der Waals surface area contributed by atoms with E-state index in [0.29, 0.717) is 0 Å². The van der Waals surface area contributed by atoms with Gasteiger partial charge in [0.25, 0.3) is 5.56 Å². The minimum absolute atomic E-state index is 0.00894. The normalized spacial score (nSPS) is 11.5. The molecule has 1 amide bonds. The average Bonchev–Trinajstić information content (AvgIpc) is 2.80. The zero-order valence-corrected chi connectivity index (χ0v) is 18.0. The van der Waals surface area contributed by atoms with Crippen LogP contribution in [0.5, 0.6) is 0 Å². The average molecular weight is 468 g/mol. The van der Waals surface area contributed by atoms with Crippen LogP contribution in [0.1, 0.15) is 16.7 Å². The van der Waals surface area contributed by atoms with Crippen molar-refractivity contribution in [2.75, 3.05) is 5.32 Å². The van der Waals surface area contributed by atoms with Crippen molar-refractivity contribution in [3.8, 4) is 0 Å². The Kier molecular flexibility index (Phi) is 6.06. The van der Waals surface area contributed by atoms with Gasteiger partial charge in [-0.3, -0.25) is 18.7 Å². The minimum atomic E-state index is -4.49. The van der Waals surface area contributed by atoms with Gasteiger partial charge in [0, 0.05) is 11.9 Å². The summed E-state index contributed by atoms with van der Waals surface area (Å²) in [6, 6.07) is 14.3. The minimum Gasteiger partial charge on any atom is -0.325 e. The fraction of sp³-hybridized carbons (Fsp3) is 0.167. The molecule has 4 rings (SSSR count). The van der Waals surface area contributed by atoms with E-state index in [1.807, 2.05) is 19.1 Å². The van der Waals surface area contributed by atoms with Crippen molar-refractivity contribution in [2.24, 2.45) is 0 Å². The second kappa shape index (κ2) is 8.97. The molecule has 1 N–H and O–H groups in total. The molecule has 10 heteroatoms. The molecule has 2 heterocycles. The number of aromatic nitrogens is 3. The number of carbonyl (C=O) groups is 1. The van der Waals surface area contributed by atoms with E-state index in [9.17, 15) is 27.6 Å². The Labute approximate surface area is 191 Å². The number of hydrogen-bond donors (Lipinski definition) is 1. The quantitative estimate of drug-likeness (QED) is 0.485. The summed E-state index contributed by atoms with van der Waals surface area (Å²) in [5.41, 5.74) is -0.0381. The summed E-state index contributed by atoms with van der Waals surface area (Å²) >= 11 is 0. The van der Waals surface area contributed by atoms with E-state index in [0.717, 1.165) is 44.5 Å². The van der Waals surface area contributed by atoms with Crippen LogP contribution in [0.2, 0.25) is 0 Å². The first-order chi connectivity index (χ1) is 16.1. The highest BCUT2D eigenvalue weighted by Gasteiger charge is 2.30. The second-order valence-corrected chi connectivity index (χ2v) is 7.74. The highest BCUT2D eigenvalue weighted by Crippen LogP contribution is 2.29. The summed E-state index contributed by atoms with van der Waals surface area (Å²) in [4.78, 5) is 42.9. The van der Waals surface area contributed by atoms with Crippen LogP contribution in [0.15, 0.2) is 76.4 Å². The molecule has 174 valence electrons. The first-order valence-electron chi connectivity index (χ1n) is 10.2. The Morgan fingerprint density at radius 1 is 0.971 bits per heavy atom. The van der Waals surface area contributed by atoms with Crippen LogP contribution in [0.25, 0.3) is 11.0 Å². The van der Waals surface area contributed by atoms with Crippen molar-refractivity contribution in [2.45, 2.75) is 26.2 Å². The van der Waals surface area contributed by atoms with Crippen LogP contribution < -0.4 is 16.6 Å². The number of hydrogen-bond acceptors (Lipinski definition) is 4. The molecule has 0 unspecified atom stereocenters. The molecule has 4 aromatic rings. The number of nitrogens with zero attached hydrogens (tertiary/aromatic N) is 3. The number of carbonyl (C=O) groups excluding carboxylic acids is 1. The molecular formula is C24H19F3N4O3. The SMILES string of the molecule is Cc1ccc(Cn2c(=O)c3ncccc3n(CC(=O)Nc3ccc(C(F)(F)F)cc3)c2=O)cc1. The summed E-state index contributed by atoms with van der Waals surface area (Å²) in [5, 5.41) is 2.48. The van der Waals surface area contributed by atoms with E-state index in [1.54, 1.807) is 12.1 Å². The topological polar surface area (TPSA) is 86.0 Å². The highest BCUT2D eigenvalue weighted by molar-refractivity contribution is 5.91. The molecule has 0 saturated carbocycles. The molecule has 0 saturated heterocycles. The third-order valence-electron chi connectivity index (χ3n) is 5.25. The highest BCUT2D eigenvalue weighted by atomic mass is 19.4. The van der Waals surface area contributed by atoms with Gasteiger partial charge in [0.05, 0.1) is 17.6 Å². The van der Waals surface area contributed by atoms with E-state index in [2.05, 4.69) is 10.3 Å². The van der Waals surface area contributed by atoms with Crippen molar-refractivity contribution in [1.29, 1.82) is 0 Å². The smallest absolute Gasteiger partial charge is 0.325 e. The number of alkyl halides is 3. The molecule has 0 atom stereocenters. The van der Waals surface area contributed by atoms with Crippen molar-refractivity contribution in [1.82, 2.24) is 14.1 Å². The number of nitrogens with one attached hydrogen (secondary N) is 1. The van der Waals surface area contributed by atoms with Gasteiger partial charge < -0.3 is 5.32 Å². The van der Waals surface area contributed by atoms with Gasteiger partial charge in [-0.05, 0) is 48.9 Å². The molecule has 0 aliphatic heterocycles. The molecule has 0 fully saturated rings. The molecule has 0 spiro atoms. The van der Waals surface area contributed by atoms with Crippen LogP contribution in [-0.2, 0) is 24.1 Å². The first-order valence-corrected chi connectivity index (χ1v) is 10.2.